The van der Waals surface area contributed by atoms with Crippen LogP contribution in [0.4, 0.5) is 11.6 Å². The Bertz CT molecular complexity index is 761. The predicted octanol–water partition coefficient (Wildman–Crippen LogP) is 2.88. The number of anilines is 2. The van der Waals surface area contributed by atoms with Gasteiger partial charge in [0.15, 0.2) is 5.82 Å². The molecule has 2 aliphatic rings. The summed E-state index contributed by atoms with van der Waals surface area (Å²) in [5.74, 6) is 3.56. The average molecular weight is 354 g/mol. The third kappa shape index (κ3) is 4.39. The van der Waals surface area contributed by atoms with Crippen LogP contribution in [0, 0.1) is 18.8 Å². The van der Waals surface area contributed by atoms with Gasteiger partial charge in [0, 0.05) is 36.3 Å². The number of nitrogens with one attached hydrogen (secondary N) is 3. The van der Waals surface area contributed by atoms with Crippen LogP contribution in [-0.2, 0) is 11.2 Å². The summed E-state index contributed by atoms with van der Waals surface area (Å²) < 4.78 is 0. The molecule has 138 valence electrons. The van der Waals surface area contributed by atoms with Crippen LogP contribution in [0.5, 0.6) is 0 Å². The van der Waals surface area contributed by atoms with Crippen LogP contribution < -0.4 is 10.6 Å². The van der Waals surface area contributed by atoms with E-state index < -0.39 is 0 Å². The van der Waals surface area contributed by atoms with E-state index in [1.165, 1.54) is 0 Å². The van der Waals surface area contributed by atoms with Crippen molar-refractivity contribution < 1.29 is 4.79 Å². The Hall–Kier alpha value is -2.44. The number of amides is 1. The molecule has 2 heterocycles. The average Bonchev–Trinajstić information content (AvgIpc) is 3.40. The molecule has 0 unspecified atom stereocenters. The number of aryl methyl sites for hydroxylation is 1. The molecule has 0 radical (unpaired) electrons. The van der Waals surface area contributed by atoms with Gasteiger partial charge in [-0.25, -0.2) is 9.97 Å². The van der Waals surface area contributed by atoms with Crippen molar-refractivity contribution in [2.75, 3.05) is 5.32 Å². The number of carbonyl (C=O) groups is 1. The maximum absolute atomic E-state index is 11.9. The number of carbonyl (C=O) groups excluding carboxylic acids is 1. The summed E-state index contributed by atoms with van der Waals surface area (Å²) in [6, 6.07) is 4.16. The van der Waals surface area contributed by atoms with Crippen molar-refractivity contribution in [3.05, 3.63) is 29.8 Å². The van der Waals surface area contributed by atoms with E-state index in [0.29, 0.717) is 17.9 Å². The van der Waals surface area contributed by atoms with Crippen molar-refractivity contribution in [2.24, 2.45) is 11.8 Å². The molecule has 1 amide bonds. The summed E-state index contributed by atoms with van der Waals surface area (Å²) in [5, 5.41) is 13.5. The van der Waals surface area contributed by atoms with E-state index in [1.54, 1.807) is 6.20 Å². The minimum absolute atomic E-state index is 0.268. The molecule has 2 fully saturated rings. The van der Waals surface area contributed by atoms with Gasteiger partial charge in [-0.3, -0.25) is 9.89 Å². The lowest BCUT2D eigenvalue weighted by atomic mass is 9.84. The first-order chi connectivity index (χ1) is 12.7. The molecule has 2 aliphatic carbocycles. The minimum atomic E-state index is 0.268. The first kappa shape index (κ1) is 17.0. The molecular weight excluding hydrogens is 328 g/mol. The highest BCUT2D eigenvalue weighted by Crippen LogP contribution is 2.31. The lowest BCUT2D eigenvalue weighted by Gasteiger charge is -2.28. The highest BCUT2D eigenvalue weighted by atomic mass is 16.2. The van der Waals surface area contributed by atoms with Crippen LogP contribution in [0.25, 0.3) is 0 Å². The zero-order valence-electron chi connectivity index (χ0n) is 15.2. The first-order valence-electron chi connectivity index (χ1n) is 9.57. The molecule has 2 saturated carbocycles. The fourth-order valence-electron chi connectivity index (χ4n) is 3.61. The summed E-state index contributed by atoms with van der Waals surface area (Å²) in [6.45, 7) is 1.97. The Morgan fingerprint density at radius 2 is 2.00 bits per heavy atom. The molecule has 7 nitrogen and oxygen atoms in total. The Morgan fingerprint density at radius 3 is 2.69 bits per heavy atom. The van der Waals surface area contributed by atoms with Gasteiger partial charge < -0.3 is 10.6 Å². The van der Waals surface area contributed by atoms with Crippen molar-refractivity contribution >= 4 is 17.5 Å². The number of H-pyrrole nitrogens is 1. The third-order valence-electron chi connectivity index (χ3n) is 5.28. The zero-order chi connectivity index (χ0) is 17.9. The van der Waals surface area contributed by atoms with Gasteiger partial charge in [-0.05, 0) is 57.4 Å². The van der Waals surface area contributed by atoms with Gasteiger partial charge in [-0.1, -0.05) is 0 Å². The van der Waals surface area contributed by atoms with Crippen LogP contribution in [0.3, 0.4) is 0 Å². The predicted molar refractivity (Wildman–Crippen MR) is 99.0 cm³/mol. The van der Waals surface area contributed by atoms with E-state index in [9.17, 15) is 4.79 Å². The number of rotatable bonds is 6. The number of nitrogens with zero attached hydrogens (tertiary/aromatic N) is 3. The largest absolute Gasteiger partial charge is 0.353 e. The molecule has 7 heteroatoms. The van der Waals surface area contributed by atoms with Gasteiger partial charge >= 0.3 is 0 Å². The van der Waals surface area contributed by atoms with Gasteiger partial charge in [-0.15, -0.1) is 0 Å². The van der Waals surface area contributed by atoms with E-state index in [0.717, 1.165) is 68.1 Å². The lowest BCUT2D eigenvalue weighted by molar-refractivity contribution is -0.123. The molecule has 26 heavy (non-hydrogen) atoms. The Kier molecular flexibility index (Phi) is 4.86. The van der Waals surface area contributed by atoms with E-state index in [4.69, 9.17) is 0 Å². The van der Waals surface area contributed by atoms with E-state index in [1.807, 2.05) is 19.1 Å². The summed E-state index contributed by atoms with van der Waals surface area (Å²) in [5.41, 5.74) is 1.01. The van der Waals surface area contributed by atoms with Crippen molar-refractivity contribution in [3.63, 3.8) is 0 Å². The number of aromatic amines is 1. The number of hydrogen-bond donors (Lipinski definition) is 3. The summed E-state index contributed by atoms with van der Waals surface area (Å²) in [4.78, 5) is 20.9. The highest BCUT2D eigenvalue weighted by Gasteiger charge is 2.32. The van der Waals surface area contributed by atoms with E-state index in [2.05, 4.69) is 30.8 Å². The van der Waals surface area contributed by atoms with Gasteiger partial charge in [-0.2, -0.15) is 5.10 Å². The maximum Gasteiger partial charge on any atom is 0.223 e. The van der Waals surface area contributed by atoms with Crippen molar-refractivity contribution in [2.45, 2.75) is 57.9 Å². The van der Waals surface area contributed by atoms with Crippen LogP contribution in [-0.4, -0.2) is 32.1 Å². The molecule has 0 atom stereocenters. The fourth-order valence-corrected chi connectivity index (χ4v) is 3.61. The Balaban J connectivity index is 1.28. The molecule has 0 bridgehead atoms. The molecule has 2 aromatic rings. The summed E-state index contributed by atoms with van der Waals surface area (Å²) in [6.07, 6.45) is 9.19. The smallest absolute Gasteiger partial charge is 0.223 e. The standard InChI is InChI=1S/C19H26N6O/c1-12-10-18(25-24-12)23-16-8-9-20-17(22-16)11-13-2-6-15(7-3-13)21-19(26)14-4-5-14/h8-10,13-15H,2-7,11H2,1H3,(H,21,26)(H2,20,22,23,24,25). The summed E-state index contributed by atoms with van der Waals surface area (Å²) >= 11 is 0. The maximum atomic E-state index is 11.9. The Labute approximate surface area is 153 Å². The molecule has 0 aromatic carbocycles. The molecule has 2 aromatic heterocycles. The first-order valence-corrected chi connectivity index (χ1v) is 9.57. The topological polar surface area (TPSA) is 95.6 Å². The fraction of sp³-hybridized carbons (Fsp3) is 0.579. The minimum Gasteiger partial charge on any atom is -0.353 e. The molecule has 0 saturated heterocycles. The number of hydrogen-bond acceptors (Lipinski definition) is 5. The summed E-state index contributed by atoms with van der Waals surface area (Å²) in [7, 11) is 0. The second-order valence-electron chi connectivity index (χ2n) is 7.62. The van der Waals surface area contributed by atoms with Gasteiger partial charge in [0.25, 0.3) is 0 Å². The van der Waals surface area contributed by atoms with Crippen molar-refractivity contribution in [1.29, 1.82) is 0 Å². The van der Waals surface area contributed by atoms with Gasteiger partial charge in [0.1, 0.15) is 11.6 Å². The van der Waals surface area contributed by atoms with Crippen molar-refractivity contribution in [1.82, 2.24) is 25.5 Å². The quantitative estimate of drug-likeness (QED) is 0.741. The van der Waals surface area contributed by atoms with E-state index >= 15 is 0 Å². The third-order valence-corrected chi connectivity index (χ3v) is 5.28. The molecule has 3 N–H and O–H groups in total. The van der Waals surface area contributed by atoms with E-state index in [-0.39, 0.29) is 5.91 Å². The molecular formula is C19H26N6O. The normalized spacial score (nSPS) is 22.8. The van der Waals surface area contributed by atoms with Crippen LogP contribution in [0.2, 0.25) is 0 Å². The van der Waals surface area contributed by atoms with Crippen molar-refractivity contribution in [3.8, 4) is 0 Å². The van der Waals surface area contributed by atoms with Crippen LogP contribution in [0.1, 0.15) is 50.0 Å². The molecule has 4 rings (SSSR count). The highest BCUT2D eigenvalue weighted by molar-refractivity contribution is 5.81. The van der Waals surface area contributed by atoms with Crippen LogP contribution >= 0.6 is 0 Å². The molecule has 0 aliphatic heterocycles. The second-order valence-corrected chi connectivity index (χ2v) is 7.62. The second kappa shape index (κ2) is 7.43. The lowest BCUT2D eigenvalue weighted by Crippen LogP contribution is -2.38. The van der Waals surface area contributed by atoms with Crippen LogP contribution in [0.15, 0.2) is 18.3 Å². The molecule has 0 spiro atoms. The monoisotopic (exact) mass is 354 g/mol. The van der Waals surface area contributed by atoms with Gasteiger partial charge in [0.2, 0.25) is 5.91 Å². The Morgan fingerprint density at radius 1 is 1.19 bits per heavy atom. The van der Waals surface area contributed by atoms with Gasteiger partial charge in [0.05, 0.1) is 0 Å². The SMILES string of the molecule is Cc1cc(Nc2ccnc(CC3CCC(NC(=O)C4CC4)CC3)n2)n[nH]1. The number of aromatic nitrogens is 4. The zero-order valence-corrected chi connectivity index (χ0v) is 15.2.